The molecule has 12 heavy (non-hydrogen) atoms. The van der Waals surface area contributed by atoms with Crippen molar-refractivity contribution in [3.8, 4) is 0 Å². The van der Waals surface area contributed by atoms with Gasteiger partial charge in [0, 0.05) is 0 Å². The van der Waals surface area contributed by atoms with Crippen LogP contribution in [-0.4, -0.2) is 24.3 Å². The molecule has 1 N–H and O–H groups in total. The number of aliphatic hydroxyl groups is 1. The van der Waals surface area contributed by atoms with Crippen LogP contribution in [-0.2, 0) is 9.53 Å². The summed E-state index contributed by atoms with van der Waals surface area (Å²) in [5.41, 5.74) is 0.131. The van der Waals surface area contributed by atoms with Gasteiger partial charge in [0.15, 0.2) is 0 Å². The van der Waals surface area contributed by atoms with Gasteiger partial charge < -0.3 is 9.84 Å². The lowest BCUT2D eigenvalue weighted by molar-refractivity contribution is -0.143. The molecule has 0 bridgehead atoms. The Bertz CT molecular complexity index is 214. The molecule has 0 radical (unpaired) electrons. The van der Waals surface area contributed by atoms with Crippen LogP contribution in [0.1, 0.15) is 25.7 Å². The molecule has 2 rings (SSSR count). The van der Waals surface area contributed by atoms with Gasteiger partial charge in [0.05, 0.1) is 19.1 Å². The average Bonchev–Trinajstić information content (AvgIpc) is 2.62. The molecule has 0 saturated heterocycles. The molecule has 0 aromatic carbocycles. The number of hydrogen-bond acceptors (Lipinski definition) is 3. The Labute approximate surface area is 71.7 Å². The van der Waals surface area contributed by atoms with Crippen molar-refractivity contribution in [2.24, 2.45) is 11.3 Å². The van der Waals surface area contributed by atoms with Gasteiger partial charge in [0.1, 0.15) is 0 Å². The summed E-state index contributed by atoms with van der Waals surface area (Å²) in [6.45, 7) is 0. The van der Waals surface area contributed by atoms with Crippen LogP contribution in [0.5, 0.6) is 0 Å². The lowest BCUT2D eigenvalue weighted by Gasteiger charge is -2.06. The quantitative estimate of drug-likeness (QED) is 0.589. The molecule has 3 nitrogen and oxygen atoms in total. The minimum atomic E-state index is -0.181. The van der Waals surface area contributed by atoms with Crippen molar-refractivity contribution >= 4 is 5.97 Å². The fourth-order valence-corrected chi connectivity index (χ4v) is 2.45. The number of carbonyl (C=O) groups excluding carboxylic acids is 1. The first-order valence-corrected chi connectivity index (χ1v) is 4.44. The Balaban J connectivity index is 1.97. The van der Waals surface area contributed by atoms with Crippen molar-refractivity contribution in [1.29, 1.82) is 0 Å². The molecule has 0 aliphatic heterocycles. The second kappa shape index (κ2) is 2.46. The van der Waals surface area contributed by atoms with Crippen LogP contribution in [0.3, 0.4) is 0 Å². The van der Waals surface area contributed by atoms with Gasteiger partial charge >= 0.3 is 5.97 Å². The topological polar surface area (TPSA) is 46.5 Å². The zero-order valence-corrected chi connectivity index (χ0v) is 7.25. The van der Waals surface area contributed by atoms with Crippen molar-refractivity contribution < 1.29 is 14.6 Å². The average molecular weight is 170 g/mol. The van der Waals surface area contributed by atoms with Gasteiger partial charge in [-0.1, -0.05) is 0 Å². The third-order valence-corrected chi connectivity index (χ3v) is 3.29. The highest BCUT2D eigenvalue weighted by molar-refractivity contribution is 5.76. The van der Waals surface area contributed by atoms with Crippen LogP contribution in [0.15, 0.2) is 0 Å². The number of ether oxygens (including phenoxy) is 1. The van der Waals surface area contributed by atoms with Crippen LogP contribution in [0.25, 0.3) is 0 Å². The van der Waals surface area contributed by atoms with Crippen molar-refractivity contribution in [3.05, 3.63) is 0 Å². The van der Waals surface area contributed by atoms with Crippen molar-refractivity contribution in [3.63, 3.8) is 0 Å². The Morgan fingerprint density at radius 3 is 2.83 bits per heavy atom. The molecule has 3 heteroatoms. The molecular weight excluding hydrogens is 156 g/mol. The third kappa shape index (κ3) is 1.04. The molecule has 2 saturated carbocycles. The van der Waals surface area contributed by atoms with E-state index in [1.165, 1.54) is 7.11 Å². The molecule has 0 aromatic heterocycles. The molecule has 0 heterocycles. The highest BCUT2D eigenvalue weighted by Crippen LogP contribution is 2.63. The summed E-state index contributed by atoms with van der Waals surface area (Å²) >= 11 is 0. The summed E-state index contributed by atoms with van der Waals surface area (Å²) in [7, 11) is 1.43. The summed E-state index contributed by atoms with van der Waals surface area (Å²) in [5.74, 6) is -0.0104. The van der Waals surface area contributed by atoms with Crippen LogP contribution < -0.4 is 0 Å². The number of rotatable bonds is 1. The van der Waals surface area contributed by atoms with E-state index in [1.54, 1.807) is 0 Å². The fraction of sp³-hybridized carbons (Fsp3) is 0.889. The Kier molecular flexibility index (Phi) is 1.65. The first-order valence-electron chi connectivity index (χ1n) is 4.44. The van der Waals surface area contributed by atoms with Gasteiger partial charge in [-0.2, -0.15) is 0 Å². The summed E-state index contributed by atoms with van der Waals surface area (Å²) in [4.78, 5) is 11.1. The van der Waals surface area contributed by atoms with Gasteiger partial charge in [-0.05, 0) is 31.1 Å². The van der Waals surface area contributed by atoms with Crippen LogP contribution >= 0.6 is 0 Å². The van der Waals surface area contributed by atoms with E-state index in [4.69, 9.17) is 0 Å². The molecule has 68 valence electrons. The SMILES string of the molecule is COC(=O)C1CC12CCC(O)C2. The summed E-state index contributed by atoms with van der Waals surface area (Å²) in [6.07, 6.45) is 3.39. The van der Waals surface area contributed by atoms with E-state index in [1.807, 2.05) is 0 Å². The van der Waals surface area contributed by atoms with Gasteiger partial charge in [-0.3, -0.25) is 4.79 Å². The van der Waals surface area contributed by atoms with Gasteiger partial charge in [0.25, 0.3) is 0 Å². The molecule has 3 unspecified atom stereocenters. The van der Waals surface area contributed by atoms with Gasteiger partial charge in [-0.25, -0.2) is 0 Å². The number of methoxy groups -OCH3 is 1. The summed E-state index contributed by atoms with van der Waals surface area (Å²) in [6, 6.07) is 0. The van der Waals surface area contributed by atoms with E-state index < -0.39 is 0 Å². The first kappa shape index (κ1) is 8.05. The van der Waals surface area contributed by atoms with E-state index in [9.17, 15) is 9.90 Å². The summed E-state index contributed by atoms with van der Waals surface area (Å²) in [5, 5.41) is 9.32. The Morgan fingerprint density at radius 2 is 2.33 bits per heavy atom. The Hall–Kier alpha value is -0.570. The first-order chi connectivity index (χ1) is 5.68. The molecule has 0 aromatic rings. The van der Waals surface area contributed by atoms with Gasteiger partial charge in [0.2, 0.25) is 0 Å². The minimum Gasteiger partial charge on any atom is -0.469 e. The second-order valence-electron chi connectivity index (χ2n) is 4.04. The van der Waals surface area contributed by atoms with Crippen LogP contribution in [0.4, 0.5) is 0 Å². The summed E-state index contributed by atoms with van der Waals surface area (Å²) < 4.78 is 4.68. The Morgan fingerprint density at radius 1 is 1.58 bits per heavy atom. The van der Waals surface area contributed by atoms with Crippen molar-refractivity contribution in [2.75, 3.05) is 7.11 Å². The number of hydrogen-bond donors (Lipinski definition) is 1. The lowest BCUT2D eigenvalue weighted by atomic mass is 10.0. The van der Waals surface area contributed by atoms with E-state index in [2.05, 4.69) is 4.74 Å². The largest absolute Gasteiger partial charge is 0.469 e. The zero-order valence-electron chi connectivity index (χ0n) is 7.25. The lowest BCUT2D eigenvalue weighted by Crippen LogP contribution is -2.10. The fourth-order valence-electron chi connectivity index (χ4n) is 2.45. The predicted octanol–water partition coefficient (Wildman–Crippen LogP) is 0.710. The number of carbonyl (C=O) groups is 1. The third-order valence-electron chi connectivity index (χ3n) is 3.29. The minimum absolute atomic E-state index is 0.0830. The molecule has 2 fully saturated rings. The monoisotopic (exact) mass is 170 g/mol. The molecule has 3 atom stereocenters. The second-order valence-corrected chi connectivity index (χ2v) is 4.04. The smallest absolute Gasteiger partial charge is 0.309 e. The predicted molar refractivity (Wildman–Crippen MR) is 42.4 cm³/mol. The number of esters is 1. The molecule has 0 amide bonds. The number of aliphatic hydroxyl groups excluding tert-OH is 1. The highest BCUT2D eigenvalue weighted by atomic mass is 16.5. The van der Waals surface area contributed by atoms with Crippen molar-refractivity contribution in [2.45, 2.75) is 31.8 Å². The maximum absolute atomic E-state index is 11.1. The maximum atomic E-state index is 11.1. The van der Waals surface area contributed by atoms with E-state index in [0.29, 0.717) is 0 Å². The van der Waals surface area contributed by atoms with Crippen LogP contribution in [0, 0.1) is 11.3 Å². The van der Waals surface area contributed by atoms with E-state index >= 15 is 0 Å². The molecule has 2 aliphatic rings. The van der Waals surface area contributed by atoms with Crippen LogP contribution in [0.2, 0.25) is 0 Å². The zero-order chi connectivity index (χ0) is 8.77. The highest BCUT2D eigenvalue weighted by Gasteiger charge is 2.61. The molecule has 1 spiro atoms. The van der Waals surface area contributed by atoms with Gasteiger partial charge in [-0.15, -0.1) is 0 Å². The maximum Gasteiger partial charge on any atom is 0.309 e. The molecule has 2 aliphatic carbocycles. The van der Waals surface area contributed by atoms with E-state index in [0.717, 1.165) is 25.7 Å². The molecular formula is C9H14O3. The van der Waals surface area contributed by atoms with E-state index in [-0.39, 0.29) is 23.4 Å². The van der Waals surface area contributed by atoms with Crippen molar-refractivity contribution in [1.82, 2.24) is 0 Å². The normalized spacial score (nSPS) is 44.8. The standard InChI is InChI=1S/C9H14O3/c1-12-8(11)7-5-9(7)3-2-6(10)4-9/h6-7,10H,2-5H2,1H3.